The molecule has 0 spiro atoms. The Morgan fingerprint density at radius 2 is 0.913 bits per heavy atom. The van der Waals surface area contributed by atoms with E-state index in [-0.39, 0.29) is 0 Å². The van der Waals surface area contributed by atoms with E-state index in [0.29, 0.717) is 6.42 Å². The summed E-state index contributed by atoms with van der Waals surface area (Å²) in [6.07, 6.45) is 16.7. The van der Waals surface area contributed by atoms with Gasteiger partial charge < -0.3 is 24.9 Å². The molecule has 0 fully saturated rings. The molecule has 0 aliphatic heterocycles. The van der Waals surface area contributed by atoms with Crippen molar-refractivity contribution in [2.24, 2.45) is 0 Å². The van der Waals surface area contributed by atoms with Gasteiger partial charge in [-0.25, -0.2) is 4.57 Å². The Morgan fingerprint density at radius 1 is 0.652 bits per heavy atom. The third-order valence-electron chi connectivity index (χ3n) is 3.57. The smallest absolute Gasteiger partial charge is 0.368 e. The fourth-order valence-electron chi connectivity index (χ4n) is 2.34. The maximum atomic E-state index is 8.88. The highest BCUT2D eigenvalue weighted by Crippen LogP contribution is 2.25. The van der Waals surface area contributed by atoms with Crippen LogP contribution >= 0.6 is 7.82 Å². The van der Waals surface area contributed by atoms with Crippen molar-refractivity contribution < 1.29 is 29.5 Å². The van der Waals surface area contributed by atoms with Gasteiger partial charge in [-0.15, -0.1) is 0 Å². The summed E-state index contributed by atoms with van der Waals surface area (Å²) in [5.74, 6) is 0. The minimum absolute atomic E-state index is 0.539. The van der Waals surface area contributed by atoms with E-state index in [4.69, 9.17) is 29.5 Å². The average molecular weight is 356 g/mol. The van der Waals surface area contributed by atoms with Crippen LogP contribution in [0.25, 0.3) is 0 Å². The molecule has 0 aromatic heterocycles. The van der Waals surface area contributed by atoms with E-state index >= 15 is 0 Å². The summed E-state index contributed by atoms with van der Waals surface area (Å²) in [6.45, 7) is 2.27. The number of rotatable bonds is 14. The van der Waals surface area contributed by atoms with E-state index in [0.717, 1.165) is 12.8 Å². The minimum Gasteiger partial charge on any atom is -0.368 e. The zero-order chi connectivity index (χ0) is 18.0. The van der Waals surface area contributed by atoms with Gasteiger partial charge in [-0.1, -0.05) is 84.0 Å². The highest BCUT2D eigenvalue weighted by atomic mass is 31.2. The standard InChI is InChI=1S/C16H34O2.H3O4P/c1-2-3-4-5-6-7-8-9-10-11-12-13-14-15-16(17)18;1-5(2,3)4/h16-18H,2-15H2,1H3;(H3,1,2,3,4). The lowest BCUT2D eigenvalue weighted by molar-refractivity contribution is -0.0466. The number of aliphatic hydroxyl groups excluding tert-OH is 1. The van der Waals surface area contributed by atoms with Gasteiger partial charge in [0, 0.05) is 0 Å². The van der Waals surface area contributed by atoms with Crippen LogP contribution in [0.15, 0.2) is 0 Å². The number of aliphatic hydroxyl groups is 2. The number of phosphoric acid groups is 1. The Labute approximate surface area is 141 Å². The molecular formula is C16H37O6P. The van der Waals surface area contributed by atoms with Crippen LogP contribution in [0, 0.1) is 0 Å². The van der Waals surface area contributed by atoms with Crippen molar-refractivity contribution in [3.8, 4) is 0 Å². The predicted molar refractivity (Wildman–Crippen MR) is 92.8 cm³/mol. The van der Waals surface area contributed by atoms with E-state index in [1.165, 1.54) is 70.6 Å². The molecule has 6 nitrogen and oxygen atoms in total. The van der Waals surface area contributed by atoms with E-state index < -0.39 is 14.1 Å². The van der Waals surface area contributed by atoms with Crippen molar-refractivity contribution >= 4 is 7.82 Å². The molecule has 0 aromatic carbocycles. The fourth-order valence-corrected chi connectivity index (χ4v) is 2.34. The predicted octanol–water partition coefficient (Wildman–Crippen LogP) is 3.85. The molecular weight excluding hydrogens is 319 g/mol. The fraction of sp³-hybridized carbons (Fsp3) is 1.00. The third-order valence-corrected chi connectivity index (χ3v) is 3.57. The van der Waals surface area contributed by atoms with Crippen molar-refractivity contribution in [2.45, 2.75) is 103 Å². The van der Waals surface area contributed by atoms with Crippen molar-refractivity contribution in [3.05, 3.63) is 0 Å². The van der Waals surface area contributed by atoms with Gasteiger partial charge in [0.2, 0.25) is 0 Å². The van der Waals surface area contributed by atoms with Gasteiger partial charge >= 0.3 is 7.82 Å². The largest absolute Gasteiger partial charge is 0.466 e. The molecule has 0 saturated carbocycles. The first-order chi connectivity index (χ1) is 10.8. The summed E-state index contributed by atoms with van der Waals surface area (Å²) in [5.41, 5.74) is 0. The monoisotopic (exact) mass is 356 g/mol. The Hall–Kier alpha value is 0.0300. The van der Waals surface area contributed by atoms with E-state index in [2.05, 4.69) is 6.92 Å². The molecule has 23 heavy (non-hydrogen) atoms. The summed E-state index contributed by atoms with van der Waals surface area (Å²) in [7, 11) is -4.64. The molecule has 0 aliphatic rings. The van der Waals surface area contributed by atoms with E-state index in [1.54, 1.807) is 0 Å². The van der Waals surface area contributed by atoms with Crippen molar-refractivity contribution in [3.63, 3.8) is 0 Å². The number of hydrogen-bond acceptors (Lipinski definition) is 3. The maximum absolute atomic E-state index is 8.88. The van der Waals surface area contributed by atoms with Crippen LogP contribution in [0.3, 0.4) is 0 Å². The van der Waals surface area contributed by atoms with Gasteiger partial charge in [0.05, 0.1) is 0 Å². The lowest BCUT2D eigenvalue weighted by Gasteiger charge is -2.04. The lowest BCUT2D eigenvalue weighted by Crippen LogP contribution is -2.02. The third kappa shape index (κ3) is 39.1. The summed E-state index contributed by atoms with van der Waals surface area (Å²) in [5, 5.41) is 17.4. The first-order valence-corrected chi connectivity index (χ1v) is 10.5. The maximum Gasteiger partial charge on any atom is 0.466 e. The second-order valence-electron chi connectivity index (χ2n) is 6.03. The zero-order valence-electron chi connectivity index (χ0n) is 14.6. The highest BCUT2D eigenvalue weighted by Gasteiger charge is 2.00. The molecule has 0 saturated heterocycles. The quantitative estimate of drug-likeness (QED) is 0.183. The van der Waals surface area contributed by atoms with Crippen LogP contribution in [0.1, 0.15) is 96.8 Å². The van der Waals surface area contributed by atoms with Gasteiger partial charge in [0.15, 0.2) is 6.29 Å². The average Bonchev–Trinajstić information content (AvgIpc) is 2.42. The van der Waals surface area contributed by atoms with E-state index in [9.17, 15) is 0 Å². The van der Waals surface area contributed by atoms with Crippen LogP contribution in [-0.4, -0.2) is 31.2 Å². The van der Waals surface area contributed by atoms with Crippen molar-refractivity contribution in [1.82, 2.24) is 0 Å². The van der Waals surface area contributed by atoms with Crippen LogP contribution in [0.2, 0.25) is 0 Å². The van der Waals surface area contributed by atoms with Gasteiger partial charge in [-0.2, -0.15) is 0 Å². The molecule has 7 heteroatoms. The summed E-state index contributed by atoms with van der Waals surface area (Å²) < 4.78 is 8.88. The number of hydrogen-bond donors (Lipinski definition) is 5. The molecule has 0 rings (SSSR count). The molecule has 0 heterocycles. The van der Waals surface area contributed by atoms with Crippen molar-refractivity contribution in [2.75, 3.05) is 0 Å². The summed E-state index contributed by atoms with van der Waals surface area (Å²) in [6, 6.07) is 0. The number of unbranched alkanes of at least 4 members (excludes halogenated alkanes) is 12. The Bertz CT molecular complexity index is 259. The second-order valence-corrected chi connectivity index (χ2v) is 7.05. The van der Waals surface area contributed by atoms with Crippen LogP contribution in [0.5, 0.6) is 0 Å². The lowest BCUT2D eigenvalue weighted by atomic mass is 10.0. The molecule has 0 aromatic rings. The summed E-state index contributed by atoms with van der Waals surface area (Å²) in [4.78, 5) is 21.6. The van der Waals surface area contributed by atoms with Gasteiger partial charge in [0.1, 0.15) is 0 Å². The first-order valence-electron chi connectivity index (χ1n) is 8.91. The second kappa shape index (κ2) is 18.4. The van der Waals surface area contributed by atoms with Gasteiger partial charge in [-0.3, -0.25) is 0 Å². The Balaban J connectivity index is 0. The van der Waals surface area contributed by atoms with Crippen LogP contribution in [-0.2, 0) is 4.57 Å². The van der Waals surface area contributed by atoms with Gasteiger partial charge in [-0.05, 0) is 12.8 Å². The van der Waals surface area contributed by atoms with Gasteiger partial charge in [0.25, 0.3) is 0 Å². The van der Waals surface area contributed by atoms with Crippen LogP contribution < -0.4 is 0 Å². The summed E-state index contributed by atoms with van der Waals surface area (Å²) >= 11 is 0. The molecule has 0 bridgehead atoms. The van der Waals surface area contributed by atoms with Crippen LogP contribution in [0.4, 0.5) is 0 Å². The SMILES string of the molecule is CCCCCCCCCCCCCCCC(O)O.O=P(O)(O)O. The van der Waals surface area contributed by atoms with E-state index in [1.807, 2.05) is 0 Å². The van der Waals surface area contributed by atoms with Crippen molar-refractivity contribution in [1.29, 1.82) is 0 Å². The highest BCUT2D eigenvalue weighted by molar-refractivity contribution is 7.45. The normalized spacial score (nSPS) is 11.4. The molecule has 0 unspecified atom stereocenters. The molecule has 0 aliphatic carbocycles. The Morgan fingerprint density at radius 3 is 1.17 bits per heavy atom. The molecule has 0 radical (unpaired) electrons. The molecule has 0 amide bonds. The minimum atomic E-state index is -4.64. The molecule has 0 atom stereocenters. The zero-order valence-corrected chi connectivity index (χ0v) is 15.5. The molecule has 142 valence electrons. The topological polar surface area (TPSA) is 118 Å². The Kier molecular flexibility index (Phi) is 20.2. The molecule has 5 N–H and O–H groups in total. The first kappa shape index (κ1) is 25.3.